The van der Waals surface area contributed by atoms with Gasteiger partial charge in [-0.25, -0.2) is 0 Å². The van der Waals surface area contributed by atoms with Crippen molar-refractivity contribution in [1.82, 2.24) is 15.2 Å². The summed E-state index contributed by atoms with van der Waals surface area (Å²) in [6, 6.07) is 23.0. The molecule has 240 valence electrons. The van der Waals surface area contributed by atoms with Crippen molar-refractivity contribution in [2.24, 2.45) is 0 Å². The maximum absolute atomic E-state index is 11.7. The van der Waals surface area contributed by atoms with E-state index in [1.807, 2.05) is 31.2 Å². The van der Waals surface area contributed by atoms with Crippen LogP contribution in [0.15, 0.2) is 72.9 Å². The van der Waals surface area contributed by atoms with Gasteiger partial charge in [0.1, 0.15) is 11.5 Å². The van der Waals surface area contributed by atoms with Gasteiger partial charge in [-0.1, -0.05) is 49.4 Å². The molecular weight excluding hydrogens is 566 g/mol. The van der Waals surface area contributed by atoms with Crippen LogP contribution in [0.2, 0.25) is 0 Å². The summed E-state index contributed by atoms with van der Waals surface area (Å²) >= 11 is 0. The van der Waals surface area contributed by atoms with Gasteiger partial charge in [0.2, 0.25) is 5.91 Å². The van der Waals surface area contributed by atoms with Crippen LogP contribution in [0.5, 0.6) is 11.5 Å². The van der Waals surface area contributed by atoms with Crippen LogP contribution in [0.4, 0.5) is 0 Å². The average Bonchev–Trinajstić information content (AvgIpc) is 3.39. The Morgan fingerprint density at radius 3 is 2.71 bits per heavy atom. The van der Waals surface area contributed by atoms with Crippen LogP contribution in [0.1, 0.15) is 54.4 Å². The molecule has 1 aromatic heterocycles. The second-order valence-electron chi connectivity index (χ2n) is 11.6. The zero-order valence-corrected chi connectivity index (χ0v) is 26.8. The first-order valence-corrected chi connectivity index (χ1v) is 16.2. The van der Waals surface area contributed by atoms with Crippen molar-refractivity contribution in [3.63, 3.8) is 0 Å². The van der Waals surface area contributed by atoms with E-state index >= 15 is 0 Å². The Bertz CT molecular complexity index is 1520. The molecule has 1 fully saturated rings. The Labute approximate surface area is 267 Å². The minimum atomic E-state index is 0.0808. The fourth-order valence-corrected chi connectivity index (χ4v) is 5.99. The highest BCUT2D eigenvalue weighted by molar-refractivity contribution is 5.84. The molecule has 5 rings (SSSR count). The number of methoxy groups -OCH3 is 1. The highest BCUT2D eigenvalue weighted by Crippen LogP contribution is 2.30. The number of nitrogens with one attached hydrogen (secondary N) is 2. The van der Waals surface area contributed by atoms with Gasteiger partial charge in [-0.05, 0) is 60.8 Å². The van der Waals surface area contributed by atoms with E-state index in [2.05, 4.69) is 70.8 Å². The van der Waals surface area contributed by atoms with Crippen LogP contribution in [-0.4, -0.2) is 56.5 Å². The number of rotatable bonds is 16. The Morgan fingerprint density at radius 2 is 1.89 bits per heavy atom. The zero-order valence-electron chi connectivity index (χ0n) is 26.8. The van der Waals surface area contributed by atoms with Crippen molar-refractivity contribution in [3.05, 3.63) is 95.2 Å². The number of para-hydroxylation sites is 1. The minimum Gasteiger partial charge on any atom is -0.496 e. The summed E-state index contributed by atoms with van der Waals surface area (Å²) < 4.78 is 26.0. The van der Waals surface area contributed by atoms with Gasteiger partial charge in [0.15, 0.2) is 0 Å². The molecule has 8 nitrogen and oxygen atoms in total. The molecule has 0 saturated carbocycles. The number of aromatic nitrogens is 1. The van der Waals surface area contributed by atoms with Crippen LogP contribution in [-0.2, 0) is 34.0 Å². The third kappa shape index (κ3) is 8.87. The molecule has 8 heteroatoms. The predicted molar refractivity (Wildman–Crippen MR) is 178 cm³/mol. The lowest BCUT2D eigenvalue weighted by atomic mass is 9.87. The highest BCUT2D eigenvalue weighted by Gasteiger charge is 2.27. The lowest BCUT2D eigenvalue weighted by Gasteiger charge is -2.32. The van der Waals surface area contributed by atoms with Gasteiger partial charge in [-0.3, -0.25) is 4.79 Å². The molecule has 2 heterocycles. The number of fused-ring (bicyclic) bond motifs is 1. The maximum Gasteiger partial charge on any atom is 0.219 e. The Balaban J connectivity index is 1.10. The molecule has 2 N–H and O–H groups in total. The standard InChI is InChI=1S/C37H47N3O5/c1-4-37(41)39-18-19-40-24-27(2)32-15-10-28(22-34(32)40)25-45-36-23-38-17-16-33(36)29-11-13-31(14-12-29)44-21-7-20-43-26-30-8-5-6-9-35(30)42-3/h5-6,8-15,22,24,33,36,38H,4,7,16-21,23,25-26H2,1-3H3,(H,39,41)/t33-,36+/m1/s1. The van der Waals surface area contributed by atoms with Crippen molar-refractivity contribution in [1.29, 1.82) is 0 Å². The maximum atomic E-state index is 11.7. The van der Waals surface area contributed by atoms with E-state index in [9.17, 15) is 4.79 Å². The SMILES string of the molecule is CCC(=O)NCCn1cc(C)c2ccc(CO[C@H]3CNCC[C@@H]3c3ccc(OCCCOCc4ccccc4OC)cc3)cc21. The summed E-state index contributed by atoms with van der Waals surface area (Å²) in [4.78, 5) is 11.7. The lowest BCUT2D eigenvalue weighted by Crippen LogP contribution is -2.40. The van der Waals surface area contributed by atoms with Gasteiger partial charge in [0.05, 0.1) is 39.6 Å². The van der Waals surface area contributed by atoms with E-state index in [1.54, 1.807) is 7.11 Å². The van der Waals surface area contributed by atoms with Crippen molar-refractivity contribution in [2.45, 2.75) is 64.9 Å². The minimum absolute atomic E-state index is 0.0808. The molecule has 0 unspecified atom stereocenters. The summed E-state index contributed by atoms with van der Waals surface area (Å²) in [6.45, 7) is 9.48. The first kappa shape index (κ1) is 32.5. The molecule has 0 spiro atoms. The van der Waals surface area contributed by atoms with E-state index in [4.69, 9.17) is 18.9 Å². The van der Waals surface area contributed by atoms with Gasteiger partial charge in [0.25, 0.3) is 0 Å². The number of piperidine rings is 1. The van der Waals surface area contributed by atoms with Crippen LogP contribution in [0.25, 0.3) is 10.9 Å². The zero-order chi connectivity index (χ0) is 31.4. The van der Waals surface area contributed by atoms with Crippen molar-refractivity contribution in [2.75, 3.05) is 40.0 Å². The molecule has 0 radical (unpaired) electrons. The summed E-state index contributed by atoms with van der Waals surface area (Å²) in [5.41, 5.74) is 5.90. The molecule has 0 bridgehead atoms. The Morgan fingerprint density at radius 1 is 1.04 bits per heavy atom. The number of ether oxygens (including phenoxy) is 4. The molecule has 2 atom stereocenters. The van der Waals surface area contributed by atoms with Crippen molar-refractivity contribution in [3.8, 4) is 11.5 Å². The summed E-state index contributed by atoms with van der Waals surface area (Å²) in [7, 11) is 1.68. The molecule has 1 saturated heterocycles. The van der Waals surface area contributed by atoms with Crippen molar-refractivity contribution < 1.29 is 23.7 Å². The largest absolute Gasteiger partial charge is 0.496 e. The fraction of sp³-hybridized carbons (Fsp3) is 0.432. The summed E-state index contributed by atoms with van der Waals surface area (Å²) in [5.74, 6) is 2.12. The number of carbonyl (C=O) groups excluding carboxylic acids is 1. The van der Waals surface area contributed by atoms with E-state index in [-0.39, 0.29) is 12.0 Å². The van der Waals surface area contributed by atoms with Crippen LogP contribution < -0.4 is 20.1 Å². The molecule has 0 aliphatic carbocycles. The van der Waals surface area contributed by atoms with Gasteiger partial charge < -0.3 is 34.1 Å². The molecular formula is C37H47N3O5. The van der Waals surface area contributed by atoms with Crippen molar-refractivity contribution >= 4 is 16.8 Å². The second kappa shape index (κ2) is 16.5. The van der Waals surface area contributed by atoms with Crippen LogP contribution in [0.3, 0.4) is 0 Å². The monoisotopic (exact) mass is 613 g/mol. The fourth-order valence-electron chi connectivity index (χ4n) is 5.99. The number of aryl methyl sites for hydroxylation is 1. The van der Waals surface area contributed by atoms with Gasteiger partial charge in [-0.2, -0.15) is 0 Å². The molecule has 45 heavy (non-hydrogen) atoms. The van der Waals surface area contributed by atoms with E-state index < -0.39 is 0 Å². The first-order valence-electron chi connectivity index (χ1n) is 16.2. The number of hydrogen-bond donors (Lipinski definition) is 2. The van der Waals surface area contributed by atoms with Gasteiger partial charge >= 0.3 is 0 Å². The third-order valence-corrected chi connectivity index (χ3v) is 8.49. The molecule has 4 aromatic rings. The summed E-state index contributed by atoms with van der Waals surface area (Å²) in [5, 5.41) is 7.73. The molecule has 3 aromatic carbocycles. The van der Waals surface area contributed by atoms with E-state index in [0.717, 1.165) is 55.1 Å². The topological polar surface area (TPSA) is 83.0 Å². The highest BCUT2D eigenvalue weighted by atomic mass is 16.5. The average molecular weight is 614 g/mol. The van der Waals surface area contributed by atoms with Gasteiger partial charge in [-0.15, -0.1) is 0 Å². The lowest BCUT2D eigenvalue weighted by molar-refractivity contribution is -0.120. The Hall–Kier alpha value is -3.85. The van der Waals surface area contributed by atoms with E-state index in [1.165, 1.54) is 22.0 Å². The first-order chi connectivity index (χ1) is 22.1. The molecule has 1 amide bonds. The normalized spacial score (nSPS) is 16.5. The quantitative estimate of drug-likeness (QED) is 0.148. The third-order valence-electron chi connectivity index (χ3n) is 8.49. The Kier molecular flexibility index (Phi) is 11.9. The number of benzene rings is 3. The number of nitrogens with zero attached hydrogens (tertiary/aromatic N) is 1. The van der Waals surface area contributed by atoms with E-state index in [0.29, 0.717) is 45.3 Å². The second-order valence-corrected chi connectivity index (χ2v) is 11.6. The molecule has 1 aliphatic rings. The number of amides is 1. The smallest absolute Gasteiger partial charge is 0.219 e. The van der Waals surface area contributed by atoms with Crippen LogP contribution >= 0.6 is 0 Å². The number of carbonyl (C=O) groups is 1. The molecule has 1 aliphatic heterocycles. The predicted octanol–water partition coefficient (Wildman–Crippen LogP) is 6.13. The number of hydrogen-bond acceptors (Lipinski definition) is 6. The van der Waals surface area contributed by atoms with Crippen LogP contribution in [0, 0.1) is 6.92 Å². The van der Waals surface area contributed by atoms with Gasteiger partial charge in [0, 0.05) is 61.1 Å². The summed E-state index contributed by atoms with van der Waals surface area (Å²) in [6.07, 6.45) is 4.59.